The molecule has 1 aromatic heterocycles. The van der Waals surface area contributed by atoms with Gasteiger partial charge in [0.25, 0.3) is 10.0 Å². The highest BCUT2D eigenvalue weighted by atomic mass is 32.2. The summed E-state index contributed by atoms with van der Waals surface area (Å²) in [6.45, 7) is 3.93. The zero-order valence-electron chi connectivity index (χ0n) is 20.8. The van der Waals surface area contributed by atoms with Crippen molar-refractivity contribution in [2.45, 2.75) is 29.7 Å². The zero-order valence-corrected chi connectivity index (χ0v) is 23.2. The Hall–Kier alpha value is -2.51. The van der Waals surface area contributed by atoms with E-state index in [1.54, 1.807) is 43.5 Å². The number of nitrogens with zero attached hydrogens (tertiary/aromatic N) is 3. The number of aliphatic hydroxyl groups is 1. The minimum Gasteiger partial charge on any atom is -0.386 e. The minimum atomic E-state index is -3.77. The van der Waals surface area contributed by atoms with Gasteiger partial charge in [0.05, 0.1) is 30.1 Å². The van der Waals surface area contributed by atoms with Crippen LogP contribution in [0.5, 0.6) is 0 Å². The second-order valence-corrected chi connectivity index (χ2v) is 14.5. The Labute approximate surface area is 221 Å². The topological polar surface area (TPSA) is 98.2 Å². The third-order valence-electron chi connectivity index (χ3n) is 6.33. The molecule has 1 N–H and O–H groups in total. The SMILES string of the molecule is CC(C)(O)c1ccc(N2CCN(S(=O)(=O)c3cccs3)C[C@@H]2CN(c2ccc(F)cc2)S(C)(=O)=O)cc1. The molecule has 0 spiro atoms. The second kappa shape index (κ2) is 10.3. The van der Waals surface area contributed by atoms with Crippen LogP contribution < -0.4 is 9.21 Å². The highest BCUT2D eigenvalue weighted by Gasteiger charge is 2.37. The molecule has 200 valence electrons. The van der Waals surface area contributed by atoms with Crippen LogP contribution in [0.2, 0.25) is 0 Å². The lowest BCUT2D eigenvalue weighted by atomic mass is 9.98. The number of rotatable bonds is 8. The second-order valence-electron chi connectivity index (χ2n) is 9.52. The lowest BCUT2D eigenvalue weighted by Crippen LogP contribution is -2.59. The van der Waals surface area contributed by atoms with Crippen molar-refractivity contribution in [2.75, 3.05) is 41.6 Å². The number of benzene rings is 2. The van der Waals surface area contributed by atoms with Gasteiger partial charge in [0.1, 0.15) is 10.0 Å². The van der Waals surface area contributed by atoms with Gasteiger partial charge >= 0.3 is 0 Å². The molecule has 0 amide bonds. The molecule has 2 heterocycles. The van der Waals surface area contributed by atoms with Crippen molar-refractivity contribution in [1.29, 1.82) is 0 Å². The maximum Gasteiger partial charge on any atom is 0.252 e. The van der Waals surface area contributed by atoms with E-state index in [2.05, 4.69) is 0 Å². The van der Waals surface area contributed by atoms with Gasteiger partial charge in [-0.3, -0.25) is 4.31 Å². The van der Waals surface area contributed by atoms with E-state index in [0.717, 1.165) is 28.8 Å². The monoisotopic (exact) mass is 567 g/mol. The molecule has 12 heteroatoms. The number of hydrogen-bond donors (Lipinski definition) is 1. The zero-order chi connectivity index (χ0) is 27.0. The van der Waals surface area contributed by atoms with Gasteiger partial charge in [0.15, 0.2) is 0 Å². The van der Waals surface area contributed by atoms with Crippen LogP contribution in [0.1, 0.15) is 19.4 Å². The molecular formula is C25H30FN3O5S3. The van der Waals surface area contributed by atoms with Crippen molar-refractivity contribution in [1.82, 2.24) is 4.31 Å². The van der Waals surface area contributed by atoms with Crippen molar-refractivity contribution in [2.24, 2.45) is 0 Å². The van der Waals surface area contributed by atoms with Gasteiger partial charge in [-0.05, 0) is 67.3 Å². The molecule has 0 saturated carbocycles. The predicted octanol–water partition coefficient (Wildman–Crippen LogP) is 3.46. The van der Waals surface area contributed by atoms with E-state index in [9.17, 15) is 26.3 Å². The normalized spacial score (nSPS) is 17.6. The largest absolute Gasteiger partial charge is 0.386 e. The third-order valence-corrected chi connectivity index (χ3v) is 10.7. The van der Waals surface area contributed by atoms with Crippen LogP contribution in [0, 0.1) is 5.82 Å². The van der Waals surface area contributed by atoms with E-state index in [1.165, 1.54) is 32.9 Å². The average molecular weight is 568 g/mol. The van der Waals surface area contributed by atoms with Crippen LogP contribution >= 0.6 is 11.3 Å². The minimum absolute atomic E-state index is 0.0474. The van der Waals surface area contributed by atoms with E-state index in [-0.39, 0.29) is 23.8 Å². The molecule has 8 nitrogen and oxygen atoms in total. The van der Waals surface area contributed by atoms with Crippen molar-refractivity contribution in [3.8, 4) is 0 Å². The fraction of sp³-hybridized carbons (Fsp3) is 0.360. The average Bonchev–Trinajstić information content (AvgIpc) is 3.38. The maximum atomic E-state index is 13.6. The first-order valence-corrected chi connectivity index (χ1v) is 15.8. The fourth-order valence-electron chi connectivity index (χ4n) is 4.37. The van der Waals surface area contributed by atoms with E-state index in [1.807, 2.05) is 17.0 Å². The summed E-state index contributed by atoms with van der Waals surface area (Å²) in [5, 5.41) is 12.0. The molecule has 0 aliphatic carbocycles. The standard InChI is InChI=1S/C25H30FN3O5S3/c1-25(2,30)19-6-10-21(11-7-19)28-15-14-27(37(33,34)24-5-4-16-35-24)17-23(28)18-29(36(3,31)32)22-12-8-20(26)9-13-22/h4-13,16,23,30H,14-15,17-18H2,1-3H3/t23-/m1/s1. The van der Waals surface area contributed by atoms with Crippen LogP contribution in [0.4, 0.5) is 15.8 Å². The Bertz CT molecular complexity index is 1420. The molecule has 2 aromatic carbocycles. The molecule has 4 rings (SSSR count). The van der Waals surface area contributed by atoms with Crippen LogP contribution in [0.25, 0.3) is 0 Å². The van der Waals surface area contributed by atoms with Crippen molar-refractivity contribution < 1.29 is 26.3 Å². The van der Waals surface area contributed by atoms with E-state index < -0.39 is 37.5 Å². The number of piperazine rings is 1. The molecular weight excluding hydrogens is 537 g/mol. The molecule has 1 aliphatic heterocycles. The third kappa shape index (κ3) is 6.15. The number of sulfonamides is 2. The van der Waals surface area contributed by atoms with E-state index >= 15 is 0 Å². The highest BCUT2D eigenvalue weighted by molar-refractivity contribution is 7.92. The number of anilines is 2. The lowest BCUT2D eigenvalue weighted by Gasteiger charge is -2.43. The van der Waals surface area contributed by atoms with E-state index in [4.69, 9.17) is 0 Å². The summed E-state index contributed by atoms with van der Waals surface area (Å²) in [4.78, 5) is 1.98. The Kier molecular flexibility index (Phi) is 7.69. The molecule has 1 aliphatic rings. The summed E-state index contributed by atoms with van der Waals surface area (Å²) >= 11 is 1.13. The van der Waals surface area contributed by atoms with Gasteiger partial charge in [-0.2, -0.15) is 4.31 Å². The first-order valence-electron chi connectivity index (χ1n) is 11.6. The number of hydrogen-bond acceptors (Lipinski definition) is 7. The molecule has 0 bridgehead atoms. The van der Waals surface area contributed by atoms with Gasteiger partial charge < -0.3 is 10.0 Å². The molecule has 1 fully saturated rings. The van der Waals surface area contributed by atoms with Gasteiger partial charge in [-0.25, -0.2) is 21.2 Å². The van der Waals surface area contributed by atoms with Crippen molar-refractivity contribution in [3.05, 3.63) is 77.4 Å². The molecule has 0 unspecified atom stereocenters. The summed E-state index contributed by atoms with van der Waals surface area (Å²) in [6.07, 6.45) is 1.07. The molecule has 1 saturated heterocycles. The quantitative estimate of drug-likeness (QED) is 0.448. The summed E-state index contributed by atoms with van der Waals surface area (Å²) in [6, 6.07) is 15.1. The van der Waals surface area contributed by atoms with Crippen LogP contribution in [-0.4, -0.2) is 64.7 Å². The fourth-order valence-corrected chi connectivity index (χ4v) is 7.93. The number of halogens is 1. The van der Waals surface area contributed by atoms with Crippen LogP contribution in [0.15, 0.2) is 70.3 Å². The van der Waals surface area contributed by atoms with Gasteiger partial charge in [-0.15, -0.1) is 11.3 Å². The van der Waals surface area contributed by atoms with Gasteiger partial charge in [0, 0.05) is 25.3 Å². The summed E-state index contributed by atoms with van der Waals surface area (Å²) < 4.78 is 68.6. The van der Waals surface area contributed by atoms with Gasteiger partial charge in [-0.1, -0.05) is 18.2 Å². The van der Waals surface area contributed by atoms with Crippen molar-refractivity contribution >= 4 is 42.8 Å². The molecule has 3 aromatic rings. The smallest absolute Gasteiger partial charge is 0.252 e. The lowest BCUT2D eigenvalue weighted by molar-refractivity contribution is 0.0786. The molecule has 0 radical (unpaired) electrons. The number of thiophene rings is 1. The Morgan fingerprint density at radius 3 is 2.22 bits per heavy atom. The van der Waals surface area contributed by atoms with Crippen LogP contribution in [0.3, 0.4) is 0 Å². The van der Waals surface area contributed by atoms with E-state index in [0.29, 0.717) is 12.2 Å². The Morgan fingerprint density at radius 2 is 1.68 bits per heavy atom. The summed E-state index contributed by atoms with van der Waals surface area (Å²) in [7, 11) is -7.52. The Morgan fingerprint density at radius 1 is 1.03 bits per heavy atom. The first kappa shape index (κ1) is 27.5. The predicted molar refractivity (Wildman–Crippen MR) is 144 cm³/mol. The first-order chi connectivity index (χ1) is 17.3. The van der Waals surface area contributed by atoms with Crippen LogP contribution in [-0.2, 0) is 25.6 Å². The van der Waals surface area contributed by atoms with Crippen molar-refractivity contribution in [3.63, 3.8) is 0 Å². The maximum absolute atomic E-state index is 13.6. The molecule has 1 atom stereocenters. The molecule has 37 heavy (non-hydrogen) atoms. The highest BCUT2D eigenvalue weighted by Crippen LogP contribution is 2.30. The summed E-state index contributed by atoms with van der Waals surface area (Å²) in [5.41, 5.74) is 0.759. The Balaban J connectivity index is 1.71. The van der Waals surface area contributed by atoms with Gasteiger partial charge in [0.2, 0.25) is 10.0 Å². The summed E-state index contributed by atoms with van der Waals surface area (Å²) in [5.74, 6) is -0.489.